The van der Waals surface area contributed by atoms with Gasteiger partial charge in [0.05, 0.1) is 13.2 Å². The molecule has 0 aromatic heterocycles. The van der Waals surface area contributed by atoms with E-state index in [4.69, 9.17) is 9.47 Å². The van der Waals surface area contributed by atoms with Crippen molar-refractivity contribution in [2.24, 2.45) is 0 Å². The summed E-state index contributed by atoms with van der Waals surface area (Å²) in [6.07, 6.45) is 2.11. The van der Waals surface area contributed by atoms with Crippen LogP contribution < -0.4 is 10.1 Å². The number of carbonyl (C=O) groups is 1. The first-order valence-electron chi connectivity index (χ1n) is 8.52. The van der Waals surface area contributed by atoms with Crippen LogP contribution in [0.25, 0.3) is 0 Å². The highest BCUT2D eigenvalue weighted by Crippen LogP contribution is 2.15. The summed E-state index contributed by atoms with van der Waals surface area (Å²) in [4.78, 5) is 14.3. The molecule has 1 N–H and O–H groups in total. The van der Waals surface area contributed by atoms with Crippen LogP contribution in [0.2, 0.25) is 0 Å². The normalized spacial score (nSPS) is 10.8. The Labute approximate surface area is 140 Å². The summed E-state index contributed by atoms with van der Waals surface area (Å²) in [5.74, 6) is 0.804. The Morgan fingerprint density at radius 3 is 2.26 bits per heavy atom. The third-order valence-corrected chi connectivity index (χ3v) is 3.29. The van der Waals surface area contributed by atoms with Gasteiger partial charge in [-0.05, 0) is 57.1 Å². The molecule has 0 fully saturated rings. The van der Waals surface area contributed by atoms with Gasteiger partial charge in [0, 0.05) is 12.3 Å². The van der Waals surface area contributed by atoms with Crippen molar-refractivity contribution >= 4 is 11.6 Å². The lowest BCUT2D eigenvalue weighted by atomic mass is 10.3. The quantitative estimate of drug-likeness (QED) is 0.601. The monoisotopic (exact) mass is 322 g/mol. The van der Waals surface area contributed by atoms with Crippen LogP contribution in [-0.4, -0.2) is 50.3 Å². The Balaban J connectivity index is 2.39. The molecule has 0 saturated heterocycles. The molecule has 130 valence electrons. The Morgan fingerprint density at radius 2 is 1.70 bits per heavy atom. The lowest BCUT2D eigenvalue weighted by molar-refractivity contribution is -0.117. The van der Waals surface area contributed by atoms with Crippen molar-refractivity contribution in [2.45, 2.75) is 33.6 Å². The average Bonchev–Trinajstić information content (AvgIpc) is 2.53. The fourth-order valence-electron chi connectivity index (χ4n) is 2.30. The van der Waals surface area contributed by atoms with Gasteiger partial charge >= 0.3 is 0 Å². The molecular weight excluding hydrogens is 292 g/mol. The summed E-state index contributed by atoms with van der Waals surface area (Å²) < 4.78 is 10.8. The second kappa shape index (κ2) is 11.9. The van der Waals surface area contributed by atoms with Crippen LogP contribution in [-0.2, 0) is 9.53 Å². The Morgan fingerprint density at radius 1 is 1.04 bits per heavy atom. The van der Waals surface area contributed by atoms with Crippen LogP contribution in [0, 0.1) is 0 Å². The van der Waals surface area contributed by atoms with Gasteiger partial charge in [-0.3, -0.25) is 9.69 Å². The van der Waals surface area contributed by atoms with E-state index in [-0.39, 0.29) is 5.91 Å². The number of benzene rings is 1. The second-order valence-corrected chi connectivity index (χ2v) is 5.39. The van der Waals surface area contributed by atoms with Crippen molar-refractivity contribution in [3.05, 3.63) is 24.3 Å². The molecule has 1 amide bonds. The van der Waals surface area contributed by atoms with Gasteiger partial charge in [0.2, 0.25) is 5.91 Å². The van der Waals surface area contributed by atoms with E-state index in [1.165, 1.54) is 0 Å². The van der Waals surface area contributed by atoms with E-state index in [2.05, 4.69) is 24.1 Å². The predicted octanol–water partition coefficient (Wildman–Crippen LogP) is 3.16. The summed E-state index contributed by atoms with van der Waals surface area (Å²) in [7, 11) is 0. The average molecular weight is 322 g/mol. The Hall–Kier alpha value is -1.59. The molecule has 1 rings (SSSR count). The van der Waals surface area contributed by atoms with Crippen LogP contribution in [0.1, 0.15) is 33.6 Å². The van der Waals surface area contributed by atoms with Gasteiger partial charge in [0.25, 0.3) is 0 Å². The van der Waals surface area contributed by atoms with Crippen molar-refractivity contribution in [1.29, 1.82) is 0 Å². The highest BCUT2D eigenvalue weighted by atomic mass is 16.5. The molecule has 23 heavy (non-hydrogen) atoms. The number of carbonyl (C=O) groups excluding carboxylic acids is 1. The first-order chi connectivity index (χ1) is 11.2. The fraction of sp³-hybridized carbons (Fsp3) is 0.611. The van der Waals surface area contributed by atoms with Gasteiger partial charge in [-0.25, -0.2) is 0 Å². The van der Waals surface area contributed by atoms with Crippen LogP contribution in [0.4, 0.5) is 5.69 Å². The summed E-state index contributed by atoms with van der Waals surface area (Å²) in [6.45, 7) is 10.4. The number of ether oxygens (including phenoxy) is 2. The zero-order valence-corrected chi connectivity index (χ0v) is 14.6. The molecule has 0 unspecified atom stereocenters. The summed E-state index contributed by atoms with van der Waals surface area (Å²) in [5.41, 5.74) is 0.792. The molecule has 5 heteroatoms. The van der Waals surface area contributed by atoms with E-state index in [9.17, 15) is 4.79 Å². The van der Waals surface area contributed by atoms with Crippen molar-refractivity contribution in [1.82, 2.24) is 4.90 Å². The van der Waals surface area contributed by atoms with E-state index in [1.54, 1.807) is 0 Å². The molecule has 1 aromatic rings. The molecule has 0 spiro atoms. The minimum absolute atomic E-state index is 0.0249. The molecule has 0 aliphatic heterocycles. The van der Waals surface area contributed by atoms with Gasteiger partial charge in [-0.15, -0.1) is 0 Å². The lowest BCUT2D eigenvalue weighted by Gasteiger charge is -2.20. The maximum atomic E-state index is 12.1. The van der Waals surface area contributed by atoms with Gasteiger partial charge in [0.1, 0.15) is 12.4 Å². The van der Waals surface area contributed by atoms with Crippen LogP contribution in [0.5, 0.6) is 5.75 Å². The number of nitrogens with zero attached hydrogens (tertiary/aromatic N) is 1. The molecule has 5 nitrogen and oxygen atoms in total. The Kier molecular flexibility index (Phi) is 10.1. The van der Waals surface area contributed by atoms with Gasteiger partial charge in [-0.1, -0.05) is 13.8 Å². The molecule has 0 aliphatic carbocycles. The SMILES string of the molecule is CCCN(CCC)CC(=O)Nc1ccc(OCCOCC)cc1. The second-order valence-electron chi connectivity index (χ2n) is 5.39. The Bertz CT molecular complexity index is 428. The molecule has 0 heterocycles. The van der Waals surface area contributed by atoms with Gasteiger partial charge < -0.3 is 14.8 Å². The molecule has 0 bridgehead atoms. The van der Waals surface area contributed by atoms with E-state index in [1.807, 2.05) is 31.2 Å². The maximum absolute atomic E-state index is 12.1. The smallest absolute Gasteiger partial charge is 0.238 e. The van der Waals surface area contributed by atoms with Gasteiger partial charge in [0.15, 0.2) is 0 Å². The third kappa shape index (κ3) is 8.57. The minimum Gasteiger partial charge on any atom is -0.491 e. The standard InChI is InChI=1S/C18H30N2O3/c1-4-11-20(12-5-2)15-18(21)19-16-7-9-17(10-8-16)23-14-13-22-6-3/h7-10H,4-6,11-15H2,1-3H3,(H,19,21). The summed E-state index contributed by atoms with van der Waals surface area (Å²) >= 11 is 0. The van der Waals surface area contributed by atoms with E-state index in [0.717, 1.165) is 37.4 Å². The third-order valence-electron chi connectivity index (χ3n) is 3.29. The minimum atomic E-state index is 0.0249. The van der Waals surface area contributed by atoms with Crippen molar-refractivity contribution in [2.75, 3.05) is 44.8 Å². The number of hydrogen-bond donors (Lipinski definition) is 1. The van der Waals surface area contributed by atoms with Crippen LogP contribution in [0.3, 0.4) is 0 Å². The fourth-order valence-corrected chi connectivity index (χ4v) is 2.30. The van der Waals surface area contributed by atoms with E-state index in [0.29, 0.717) is 26.4 Å². The van der Waals surface area contributed by atoms with E-state index >= 15 is 0 Å². The maximum Gasteiger partial charge on any atom is 0.238 e. The number of anilines is 1. The van der Waals surface area contributed by atoms with Crippen LogP contribution in [0.15, 0.2) is 24.3 Å². The number of rotatable bonds is 12. The van der Waals surface area contributed by atoms with Crippen molar-refractivity contribution < 1.29 is 14.3 Å². The van der Waals surface area contributed by atoms with E-state index < -0.39 is 0 Å². The van der Waals surface area contributed by atoms with Crippen molar-refractivity contribution in [3.63, 3.8) is 0 Å². The van der Waals surface area contributed by atoms with Crippen molar-refractivity contribution in [3.8, 4) is 5.75 Å². The first-order valence-corrected chi connectivity index (χ1v) is 8.52. The summed E-state index contributed by atoms with van der Waals surface area (Å²) in [6, 6.07) is 7.44. The molecule has 0 aliphatic rings. The highest BCUT2D eigenvalue weighted by molar-refractivity contribution is 5.92. The number of nitrogens with one attached hydrogen (secondary N) is 1. The molecular formula is C18H30N2O3. The molecule has 0 atom stereocenters. The number of hydrogen-bond acceptors (Lipinski definition) is 4. The zero-order valence-electron chi connectivity index (χ0n) is 14.6. The van der Waals surface area contributed by atoms with Crippen LogP contribution >= 0.6 is 0 Å². The topological polar surface area (TPSA) is 50.8 Å². The molecule has 0 saturated carbocycles. The molecule has 0 radical (unpaired) electrons. The highest BCUT2D eigenvalue weighted by Gasteiger charge is 2.09. The largest absolute Gasteiger partial charge is 0.491 e. The van der Waals surface area contributed by atoms with Gasteiger partial charge in [-0.2, -0.15) is 0 Å². The number of amides is 1. The predicted molar refractivity (Wildman–Crippen MR) is 94.1 cm³/mol. The summed E-state index contributed by atoms with van der Waals surface area (Å²) in [5, 5.41) is 2.93. The first kappa shape index (κ1) is 19.5. The molecule has 1 aromatic carbocycles. The lowest BCUT2D eigenvalue weighted by Crippen LogP contribution is -2.34. The zero-order chi connectivity index (χ0) is 16.9.